The van der Waals surface area contributed by atoms with E-state index < -0.39 is 5.54 Å². The zero-order valence-electron chi connectivity index (χ0n) is 13.2. The molecular formula is C16H32N2O2. The lowest BCUT2D eigenvalue weighted by Gasteiger charge is -2.39. The molecule has 0 radical (unpaired) electrons. The van der Waals surface area contributed by atoms with Crippen molar-refractivity contribution in [2.75, 3.05) is 19.7 Å². The summed E-state index contributed by atoms with van der Waals surface area (Å²) in [7, 11) is 0. The van der Waals surface area contributed by atoms with Crippen molar-refractivity contribution in [3.63, 3.8) is 0 Å². The summed E-state index contributed by atoms with van der Waals surface area (Å²) in [6, 6.07) is 0. The largest absolute Gasteiger partial charge is 0.395 e. The molecule has 0 aromatic heterocycles. The Labute approximate surface area is 123 Å². The standard InChI is InChI=1S/C16H32N2O2/c1-3-4-5-6-10-18(11-12-19)15(20)16(17)9-7-8-14(2)13-16/h14,19H,3-13,17H2,1-2H3. The van der Waals surface area contributed by atoms with E-state index in [2.05, 4.69) is 13.8 Å². The minimum atomic E-state index is -0.697. The van der Waals surface area contributed by atoms with Crippen LogP contribution in [0.4, 0.5) is 0 Å². The summed E-state index contributed by atoms with van der Waals surface area (Å²) in [5.41, 5.74) is 5.68. The minimum Gasteiger partial charge on any atom is -0.395 e. The third kappa shape index (κ3) is 5.06. The molecule has 4 heteroatoms. The van der Waals surface area contributed by atoms with Crippen LogP contribution in [0, 0.1) is 5.92 Å². The van der Waals surface area contributed by atoms with Gasteiger partial charge in [-0.1, -0.05) is 46.0 Å². The van der Waals surface area contributed by atoms with Crippen LogP contribution in [0.15, 0.2) is 0 Å². The van der Waals surface area contributed by atoms with Gasteiger partial charge in [0.25, 0.3) is 0 Å². The zero-order valence-corrected chi connectivity index (χ0v) is 13.2. The second-order valence-electron chi connectivity index (χ2n) is 6.43. The highest BCUT2D eigenvalue weighted by molar-refractivity contribution is 5.86. The van der Waals surface area contributed by atoms with Crippen molar-refractivity contribution >= 4 is 5.91 Å². The smallest absolute Gasteiger partial charge is 0.242 e. The number of carbonyl (C=O) groups excluding carboxylic acids is 1. The topological polar surface area (TPSA) is 66.6 Å². The number of nitrogens with two attached hydrogens (primary N) is 1. The maximum absolute atomic E-state index is 12.7. The lowest BCUT2D eigenvalue weighted by molar-refractivity contribution is -0.139. The third-order valence-electron chi connectivity index (χ3n) is 4.40. The van der Waals surface area contributed by atoms with Crippen LogP contribution in [0.3, 0.4) is 0 Å². The molecule has 4 nitrogen and oxygen atoms in total. The molecule has 1 fully saturated rings. The van der Waals surface area contributed by atoms with Gasteiger partial charge >= 0.3 is 0 Å². The quantitative estimate of drug-likeness (QED) is 0.672. The van der Waals surface area contributed by atoms with Gasteiger partial charge in [0.15, 0.2) is 0 Å². The molecule has 1 aliphatic rings. The lowest BCUT2D eigenvalue weighted by atomic mass is 9.76. The Kier molecular flexibility index (Phi) is 7.52. The molecule has 0 saturated heterocycles. The Morgan fingerprint density at radius 1 is 1.35 bits per heavy atom. The van der Waals surface area contributed by atoms with Gasteiger partial charge in [-0.3, -0.25) is 4.79 Å². The van der Waals surface area contributed by atoms with Crippen LogP contribution in [0.5, 0.6) is 0 Å². The van der Waals surface area contributed by atoms with Crippen molar-refractivity contribution in [2.24, 2.45) is 11.7 Å². The molecule has 0 bridgehead atoms. The van der Waals surface area contributed by atoms with Gasteiger partial charge in [0.1, 0.15) is 0 Å². The molecule has 1 saturated carbocycles. The first-order chi connectivity index (χ1) is 9.53. The van der Waals surface area contributed by atoms with Gasteiger partial charge < -0.3 is 15.7 Å². The summed E-state index contributed by atoms with van der Waals surface area (Å²) in [6.45, 7) is 5.51. The maximum atomic E-state index is 12.7. The molecule has 0 aliphatic heterocycles. The van der Waals surface area contributed by atoms with E-state index in [4.69, 9.17) is 5.73 Å². The van der Waals surface area contributed by atoms with Gasteiger partial charge in [-0.05, 0) is 25.2 Å². The highest BCUT2D eigenvalue weighted by Gasteiger charge is 2.40. The molecule has 0 heterocycles. The molecule has 1 rings (SSSR count). The Hall–Kier alpha value is -0.610. The molecule has 1 aliphatic carbocycles. The fourth-order valence-electron chi connectivity index (χ4n) is 3.27. The zero-order chi connectivity index (χ0) is 15.0. The van der Waals surface area contributed by atoms with Crippen LogP contribution in [-0.4, -0.2) is 41.1 Å². The molecule has 0 aromatic rings. The average Bonchev–Trinajstić information content (AvgIpc) is 2.41. The van der Waals surface area contributed by atoms with Crippen LogP contribution in [-0.2, 0) is 4.79 Å². The number of aliphatic hydroxyl groups is 1. The van der Waals surface area contributed by atoms with Crippen LogP contribution >= 0.6 is 0 Å². The fourth-order valence-corrected chi connectivity index (χ4v) is 3.27. The molecular weight excluding hydrogens is 252 g/mol. The number of hydrogen-bond donors (Lipinski definition) is 2. The van der Waals surface area contributed by atoms with Crippen molar-refractivity contribution in [2.45, 2.75) is 70.8 Å². The van der Waals surface area contributed by atoms with Crippen LogP contribution < -0.4 is 5.73 Å². The fraction of sp³-hybridized carbons (Fsp3) is 0.938. The van der Waals surface area contributed by atoms with Crippen molar-refractivity contribution < 1.29 is 9.90 Å². The van der Waals surface area contributed by atoms with E-state index in [1.807, 2.05) is 0 Å². The summed E-state index contributed by atoms with van der Waals surface area (Å²) in [5.74, 6) is 0.573. The predicted octanol–water partition coefficient (Wildman–Crippen LogP) is 2.30. The molecule has 118 valence electrons. The van der Waals surface area contributed by atoms with Crippen molar-refractivity contribution in [1.82, 2.24) is 4.90 Å². The molecule has 1 amide bonds. The Morgan fingerprint density at radius 3 is 2.70 bits per heavy atom. The van der Waals surface area contributed by atoms with Crippen LogP contribution in [0.25, 0.3) is 0 Å². The molecule has 2 unspecified atom stereocenters. The van der Waals surface area contributed by atoms with Gasteiger partial charge in [0.2, 0.25) is 5.91 Å². The number of rotatable bonds is 8. The Morgan fingerprint density at radius 2 is 2.10 bits per heavy atom. The SMILES string of the molecule is CCCCCCN(CCO)C(=O)C1(N)CCCC(C)C1. The number of aliphatic hydroxyl groups excluding tert-OH is 1. The number of nitrogens with zero attached hydrogens (tertiary/aromatic N) is 1. The third-order valence-corrected chi connectivity index (χ3v) is 4.40. The Balaban J connectivity index is 2.57. The minimum absolute atomic E-state index is 0.0190. The first-order valence-corrected chi connectivity index (χ1v) is 8.22. The Bertz CT molecular complexity index is 296. The summed E-state index contributed by atoms with van der Waals surface area (Å²) in [5, 5.41) is 9.19. The van der Waals surface area contributed by atoms with Crippen LogP contribution in [0.1, 0.15) is 65.2 Å². The summed E-state index contributed by atoms with van der Waals surface area (Å²) >= 11 is 0. The summed E-state index contributed by atoms with van der Waals surface area (Å²) in [6.07, 6.45) is 8.30. The second-order valence-corrected chi connectivity index (χ2v) is 6.43. The van der Waals surface area contributed by atoms with Gasteiger partial charge in [-0.2, -0.15) is 0 Å². The van der Waals surface area contributed by atoms with Gasteiger partial charge in [-0.25, -0.2) is 0 Å². The van der Waals surface area contributed by atoms with Crippen LogP contribution in [0.2, 0.25) is 0 Å². The number of unbranched alkanes of at least 4 members (excludes halogenated alkanes) is 3. The van der Waals surface area contributed by atoms with Crippen molar-refractivity contribution in [3.8, 4) is 0 Å². The van der Waals surface area contributed by atoms with E-state index in [-0.39, 0.29) is 12.5 Å². The second kappa shape index (κ2) is 8.63. The first-order valence-electron chi connectivity index (χ1n) is 8.22. The van der Waals surface area contributed by atoms with E-state index in [0.29, 0.717) is 12.5 Å². The van der Waals surface area contributed by atoms with Gasteiger partial charge in [0, 0.05) is 13.1 Å². The van der Waals surface area contributed by atoms with E-state index in [1.54, 1.807) is 4.90 Å². The monoisotopic (exact) mass is 284 g/mol. The van der Waals surface area contributed by atoms with E-state index in [0.717, 1.165) is 38.6 Å². The maximum Gasteiger partial charge on any atom is 0.242 e. The highest BCUT2D eigenvalue weighted by atomic mass is 16.3. The molecule has 0 spiro atoms. The molecule has 20 heavy (non-hydrogen) atoms. The summed E-state index contributed by atoms with van der Waals surface area (Å²) < 4.78 is 0. The highest BCUT2D eigenvalue weighted by Crippen LogP contribution is 2.31. The molecule has 2 atom stereocenters. The van der Waals surface area contributed by atoms with E-state index >= 15 is 0 Å². The van der Waals surface area contributed by atoms with Crippen molar-refractivity contribution in [3.05, 3.63) is 0 Å². The number of amides is 1. The van der Waals surface area contributed by atoms with Gasteiger partial charge in [0.05, 0.1) is 12.1 Å². The number of carbonyl (C=O) groups is 1. The van der Waals surface area contributed by atoms with E-state index in [9.17, 15) is 9.90 Å². The van der Waals surface area contributed by atoms with Gasteiger partial charge in [-0.15, -0.1) is 0 Å². The predicted molar refractivity (Wildman–Crippen MR) is 82.4 cm³/mol. The first kappa shape index (κ1) is 17.4. The van der Waals surface area contributed by atoms with E-state index in [1.165, 1.54) is 19.3 Å². The van der Waals surface area contributed by atoms with Crippen molar-refractivity contribution in [1.29, 1.82) is 0 Å². The molecule has 0 aromatic carbocycles. The normalized spacial score (nSPS) is 26.5. The lowest BCUT2D eigenvalue weighted by Crippen LogP contribution is -2.58. The average molecular weight is 284 g/mol. The summed E-state index contributed by atoms with van der Waals surface area (Å²) in [4.78, 5) is 14.5. The number of hydrogen-bond acceptors (Lipinski definition) is 3. The molecule has 3 N–H and O–H groups in total.